The monoisotopic (exact) mass is 344 g/mol. The van der Waals surface area contributed by atoms with Gasteiger partial charge in [0, 0.05) is 36.2 Å². The smallest absolute Gasteiger partial charge is 0.338 e. The predicted molar refractivity (Wildman–Crippen MR) is 92.1 cm³/mol. The molecule has 7 heteroatoms. The van der Waals surface area contributed by atoms with Gasteiger partial charge in [0.2, 0.25) is 5.91 Å². The van der Waals surface area contributed by atoms with Gasteiger partial charge in [-0.25, -0.2) is 4.79 Å². The number of rotatable bonds is 4. The summed E-state index contributed by atoms with van der Waals surface area (Å²) in [5.74, 6) is 1.61. The van der Waals surface area contributed by atoms with Gasteiger partial charge >= 0.3 is 5.97 Å². The van der Waals surface area contributed by atoms with Crippen LogP contribution in [0.1, 0.15) is 22.3 Å². The standard InChI is InChI=1S/C15H20N2O3S.ClH/c1-10-3-4-11(7-13(10)15(19)20-2)17-14(18)8-12-9-21-6-5-16-12;/h3-4,7,12,16H,5-6,8-9H2,1-2H3,(H,17,18);1H. The lowest BCUT2D eigenvalue weighted by Crippen LogP contribution is -2.39. The molecule has 0 bridgehead atoms. The number of carbonyl (C=O) groups excluding carboxylic acids is 2. The van der Waals surface area contributed by atoms with Gasteiger partial charge < -0.3 is 15.4 Å². The van der Waals surface area contributed by atoms with E-state index in [4.69, 9.17) is 4.74 Å². The number of benzene rings is 1. The van der Waals surface area contributed by atoms with Gasteiger partial charge in [0.15, 0.2) is 0 Å². The highest BCUT2D eigenvalue weighted by atomic mass is 35.5. The van der Waals surface area contributed by atoms with Crippen LogP contribution in [0.25, 0.3) is 0 Å². The summed E-state index contributed by atoms with van der Waals surface area (Å²) < 4.78 is 4.73. The van der Waals surface area contributed by atoms with Crippen LogP contribution in [0.4, 0.5) is 5.69 Å². The molecule has 0 radical (unpaired) electrons. The molecule has 1 heterocycles. The number of halogens is 1. The van der Waals surface area contributed by atoms with Crippen LogP contribution in [-0.4, -0.2) is 43.1 Å². The number of hydrogen-bond donors (Lipinski definition) is 2. The summed E-state index contributed by atoms with van der Waals surface area (Å²) >= 11 is 1.86. The minimum Gasteiger partial charge on any atom is -0.465 e. The Labute approximate surface area is 141 Å². The van der Waals surface area contributed by atoms with Crippen molar-refractivity contribution >= 4 is 41.7 Å². The fourth-order valence-corrected chi connectivity index (χ4v) is 3.17. The summed E-state index contributed by atoms with van der Waals surface area (Å²) in [5.41, 5.74) is 1.92. The van der Waals surface area contributed by atoms with E-state index in [0.717, 1.165) is 23.6 Å². The van der Waals surface area contributed by atoms with Crippen molar-refractivity contribution in [3.8, 4) is 0 Å². The van der Waals surface area contributed by atoms with Crippen molar-refractivity contribution in [2.24, 2.45) is 0 Å². The van der Waals surface area contributed by atoms with Crippen molar-refractivity contribution in [3.63, 3.8) is 0 Å². The molecule has 1 aliphatic rings. The summed E-state index contributed by atoms with van der Waals surface area (Å²) in [4.78, 5) is 23.7. The molecule has 5 nitrogen and oxygen atoms in total. The average molecular weight is 345 g/mol. The second-order valence-electron chi connectivity index (χ2n) is 5.00. The van der Waals surface area contributed by atoms with Crippen LogP contribution in [-0.2, 0) is 9.53 Å². The zero-order chi connectivity index (χ0) is 15.2. The molecular weight excluding hydrogens is 324 g/mol. The summed E-state index contributed by atoms with van der Waals surface area (Å²) in [6, 6.07) is 5.47. The van der Waals surface area contributed by atoms with Gasteiger partial charge in [-0.15, -0.1) is 12.4 Å². The van der Waals surface area contributed by atoms with Gasteiger partial charge in [-0.2, -0.15) is 11.8 Å². The molecule has 1 fully saturated rings. The van der Waals surface area contributed by atoms with E-state index in [1.165, 1.54) is 7.11 Å². The number of nitrogens with one attached hydrogen (secondary N) is 2. The van der Waals surface area contributed by atoms with E-state index in [9.17, 15) is 9.59 Å². The lowest BCUT2D eigenvalue weighted by molar-refractivity contribution is -0.116. The average Bonchev–Trinajstić information content (AvgIpc) is 2.49. The van der Waals surface area contributed by atoms with Gasteiger partial charge in [0.05, 0.1) is 12.7 Å². The fourth-order valence-electron chi connectivity index (χ4n) is 2.22. The van der Waals surface area contributed by atoms with Crippen molar-refractivity contribution in [2.45, 2.75) is 19.4 Å². The SMILES string of the molecule is COC(=O)c1cc(NC(=O)CC2CSCCN2)ccc1C.Cl. The van der Waals surface area contributed by atoms with Crippen LogP contribution < -0.4 is 10.6 Å². The third-order valence-electron chi connectivity index (χ3n) is 3.36. The maximum atomic E-state index is 12.0. The second kappa shape index (κ2) is 9.02. The van der Waals surface area contributed by atoms with Crippen molar-refractivity contribution < 1.29 is 14.3 Å². The lowest BCUT2D eigenvalue weighted by Gasteiger charge is -2.22. The number of hydrogen-bond acceptors (Lipinski definition) is 5. The molecular formula is C15H21ClN2O3S. The molecule has 1 atom stereocenters. The predicted octanol–water partition coefficient (Wildman–Crippen LogP) is 2.24. The maximum absolute atomic E-state index is 12.0. The van der Waals surface area contributed by atoms with Gasteiger partial charge in [-0.1, -0.05) is 6.07 Å². The molecule has 1 saturated heterocycles. The number of esters is 1. The van der Waals surface area contributed by atoms with Gasteiger partial charge in [-0.3, -0.25) is 4.79 Å². The Morgan fingerprint density at radius 2 is 2.23 bits per heavy atom. The molecule has 1 aromatic rings. The Kier molecular flexibility index (Phi) is 7.72. The van der Waals surface area contributed by atoms with Crippen molar-refractivity contribution in [1.29, 1.82) is 0 Å². The van der Waals surface area contributed by atoms with Crippen molar-refractivity contribution in [3.05, 3.63) is 29.3 Å². The first-order valence-electron chi connectivity index (χ1n) is 6.90. The summed E-state index contributed by atoms with van der Waals surface area (Å²) in [5, 5.41) is 6.17. The molecule has 22 heavy (non-hydrogen) atoms. The third-order valence-corrected chi connectivity index (χ3v) is 4.49. The highest BCUT2D eigenvalue weighted by Crippen LogP contribution is 2.17. The molecule has 2 N–H and O–H groups in total. The Hall–Kier alpha value is -1.24. The van der Waals surface area contributed by atoms with Crippen LogP contribution in [0.2, 0.25) is 0 Å². The van der Waals surface area contributed by atoms with Crippen LogP contribution in [0.3, 0.4) is 0 Å². The number of ether oxygens (including phenoxy) is 1. The molecule has 0 aromatic heterocycles. The number of amides is 1. The molecule has 122 valence electrons. The fraction of sp³-hybridized carbons (Fsp3) is 0.467. The van der Waals surface area contributed by atoms with E-state index in [2.05, 4.69) is 10.6 Å². The first kappa shape index (κ1) is 18.8. The Morgan fingerprint density at radius 1 is 1.45 bits per heavy atom. The molecule has 1 amide bonds. The molecule has 2 rings (SSSR count). The number of thioether (sulfide) groups is 1. The quantitative estimate of drug-likeness (QED) is 0.820. The molecule has 1 aliphatic heterocycles. The van der Waals surface area contributed by atoms with Crippen LogP contribution >= 0.6 is 24.2 Å². The molecule has 0 aliphatic carbocycles. The molecule has 1 unspecified atom stereocenters. The zero-order valence-electron chi connectivity index (χ0n) is 12.7. The van der Waals surface area contributed by atoms with E-state index in [1.807, 2.05) is 18.7 Å². The highest BCUT2D eigenvalue weighted by Gasteiger charge is 2.17. The Bertz CT molecular complexity index is 534. The van der Waals surface area contributed by atoms with Crippen LogP contribution in [0.15, 0.2) is 18.2 Å². The van der Waals surface area contributed by atoms with E-state index in [1.54, 1.807) is 18.2 Å². The topological polar surface area (TPSA) is 67.4 Å². The summed E-state index contributed by atoms with van der Waals surface area (Å²) in [6.45, 7) is 2.78. The van der Waals surface area contributed by atoms with E-state index in [-0.39, 0.29) is 24.4 Å². The largest absolute Gasteiger partial charge is 0.465 e. The van der Waals surface area contributed by atoms with Crippen LogP contribution in [0.5, 0.6) is 0 Å². The zero-order valence-corrected chi connectivity index (χ0v) is 14.3. The van der Waals surface area contributed by atoms with Crippen LogP contribution in [0, 0.1) is 6.92 Å². The van der Waals surface area contributed by atoms with Crippen molar-refractivity contribution in [2.75, 3.05) is 30.5 Å². The minimum atomic E-state index is -0.394. The Balaban J connectivity index is 0.00000242. The second-order valence-corrected chi connectivity index (χ2v) is 6.15. The van der Waals surface area contributed by atoms with Gasteiger partial charge in [0.25, 0.3) is 0 Å². The normalized spacial score (nSPS) is 17.3. The number of aryl methyl sites for hydroxylation is 1. The summed E-state index contributed by atoms with van der Waals surface area (Å²) in [7, 11) is 1.35. The van der Waals surface area contributed by atoms with E-state index >= 15 is 0 Å². The van der Waals surface area contributed by atoms with Gasteiger partial charge in [0.1, 0.15) is 0 Å². The molecule has 1 aromatic carbocycles. The third kappa shape index (κ3) is 5.19. The van der Waals surface area contributed by atoms with Crippen molar-refractivity contribution in [1.82, 2.24) is 5.32 Å². The lowest BCUT2D eigenvalue weighted by atomic mass is 10.1. The first-order chi connectivity index (χ1) is 10.1. The number of carbonyl (C=O) groups is 2. The van der Waals surface area contributed by atoms with Gasteiger partial charge in [-0.05, 0) is 24.6 Å². The number of methoxy groups -OCH3 is 1. The first-order valence-corrected chi connectivity index (χ1v) is 8.05. The van der Waals surface area contributed by atoms with E-state index in [0.29, 0.717) is 17.7 Å². The highest BCUT2D eigenvalue weighted by molar-refractivity contribution is 7.99. The number of anilines is 1. The maximum Gasteiger partial charge on any atom is 0.338 e. The van der Waals surface area contributed by atoms with E-state index < -0.39 is 5.97 Å². The molecule has 0 spiro atoms. The Morgan fingerprint density at radius 3 is 2.86 bits per heavy atom. The summed E-state index contributed by atoms with van der Waals surface area (Å²) in [6.07, 6.45) is 0.439. The minimum absolute atomic E-state index is 0. The molecule has 0 saturated carbocycles.